The van der Waals surface area contributed by atoms with Crippen molar-refractivity contribution in [2.24, 2.45) is 5.92 Å². The quantitative estimate of drug-likeness (QED) is 0.770. The van der Waals surface area contributed by atoms with E-state index in [2.05, 4.69) is 0 Å². The Bertz CT molecular complexity index is 299. The summed E-state index contributed by atoms with van der Waals surface area (Å²) >= 11 is 0. The van der Waals surface area contributed by atoms with Crippen molar-refractivity contribution in [2.75, 3.05) is 26.9 Å². The number of aryl methyl sites for hydroxylation is 1. The van der Waals surface area contributed by atoms with Gasteiger partial charge in [-0.1, -0.05) is 12.1 Å². The summed E-state index contributed by atoms with van der Waals surface area (Å²) in [6.07, 6.45) is 0.818. The average Bonchev–Trinajstić information content (AvgIpc) is 2.29. The molecule has 0 aliphatic rings. The third-order valence-corrected chi connectivity index (χ3v) is 2.46. The summed E-state index contributed by atoms with van der Waals surface area (Å²) in [5.74, 6) is 0.997. The fourth-order valence-electron chi connectivity index (χ4n) is 1.43. The van der Waals surface area contributed by atoms with Crippen LogP contribution in [0.15, 0.2) is 24.3 Å². The molecule has 1 N–H and O–H groups in total. The Morgan fingerprint density at radius 1 is 1.38 bits per heavy atom. The van der Waals surface area contributed by atoms with Gasteiger partial charge < -0.3 is 14.6 Å². The number of methoxy groups -OCH3 is 1. The van der Waals surface area contributed by atoms with Crippen molar-refractivity contribution in [1.82, 2.24) is 0 Å². The van der Waals surface area contributed by atoms with Crippen molar-refractivity contribution in [1.29, 1.82) is 0 Å². The van der Waals surface area contributed by atoms with Crippen molar-refractivity contribution in [3.8, 4) is 5.75 Å². The fourth-order valence-corrected chi connectivity index (χ4v) is 1.43. The molecule has 1 aromatic carbocycles. The molecule has 1 unspecified atom stereocenters. The Morgan fingerprint density at radius 2 is 2.19 bits per heavy atom. The van der Waals surface area contributed by atoms with Crippen LogP contribution in [0, 0.1) is 12.8 Å². The Labute approximate surface area is 97.0 Å². The number of hydrogen-bond donors (Lipinski definition) is 1. The first-order valence-corrected chi connectivity index (χ1v) is 5.55. The molecule has 0 amide bonds. The molecule has 1 aromatic rings. The number of benzene rings is 1. The van der Waals surface area contributed by atoms with Gasteiger partial charge in [-0.05, 0) is 31.0 Å². The molecule has 0 heterocycles. The lowest BCUT2D eigenvalue weighted by molar-refractivity contribution is 0.116. The molecule has 1 rings (SSSR count). The Balaban J connectivity index is 2.37. The molecule has 0 saturated carbocycles. The van der Waals surface area contributed by atoms with Gasteiger partial charge in [0.25, 0.3) is 0 Å². The minimum Gasteiger partial charge on any atom is -0.493 e. The van der Waals surface area contributed by atoms with Crippen molar-refractivity contribution in [3.05, 3.63) is 29.8 Å². The highest BCUT2D eigenvalue weighted by Crippen LogP contribution is 2.14. The molecule has 0 aromatic heterocycles. The number of aliphatic hydroxyl groups is 1. The summed E-state index contributed by atoms with van der Waals surface area (Å²) in [7, 11) is 1.66. The largest absolute Gasteiger partial charge is 0.493 e. The zero-order valence-corrected chi connectivity index (χ0v) is 9.98. The van der Waals surface area contributed by atoms with Gasteiger partial charge in [0.2, 0.25) is 0 Å². The average molecular weight is 224 g/mol. The highest BCUT2D eigenvalue weighted by atomic mass is 16.5. The lowest BCUT2D eigenvalue weighted by Gasteiger charge is -2.15. The molecule has 0 radical (unpaired) electrons. The fraction of sp³-hybridized carbons (Fsp3) is 0.538. The van der Waals surface area contributed by atoms with Gasteiger partial charge in [-0.3, -0.25) is 0 Å². The van der Waals surface area contributed by atoms with Crippen LogP contribution in [0.3, 0.4) is 0 Å². The normalized spacial score (nSPS) is 12.4. The summed E-state index contributed by atoms with van der Waals surface area (Å²) in [6, 6.07) is 7.91. The van der Waals surface area contributed by atoms with Gasteiger partial charge in [0, 0.05) is 26.2 Å². The standard InChI is InChI=1S/C13H20O3/c1-11-4-3-5-13(8-11)16-10-12(9-14)6-7-15-2/h3-5,8,12,14H,6-7,9-10H2,1-2H3. The highest BCUT2D eigenvalue weighted by molar-refractivity contribution is 5.27. The Hall–Kier alpha value is -1.06. The molecule has 0 aliphatic carbocycles. The third kappa shape index (κ3) is 4.64. The molecular weight excluding hydrogens is 204 g/mol. The molecule has 16 heavy (non-hydrogen) atoms. The van der Waals surface area contributed by atoms with Gasteiger partial charge >= 0.3 is 0 Å². The van der Waals surface area contributed by atoms with E-state index < -0.39 is 0 Å². The summed E-state index contributed by atoms with van der Waals surface area (Å²) < 4.78 is 10.6. The zero-order valence-electron chi connectivity index (χ0n) is 9.98. The molecule has 90 valence electrons. The summed E-state index contributed by atoms with van der Waals surface area (Å²) in [4.78, 5) is 0. The molecule has 0 bridgehead atoms. The molecule has 0 spiro atoms. The van der Waals surface area contributed by atoms with Crippen LogP contribution >= 0.6 is 0 Å². The summed E-state index contributed by atoms with van der Waals surface area (Å²) in [5.41, 5.74) is 1.18. The molecule has 3 heteroatoms. The van der Waals surface area contributed by atoms with E-state index in [1.54, 1.807) is 7.11 Å². The van der Waals surface area contributed by atoms with Crippen molar-refractivity contribution in [3.63, 3.8) is 0 Å². The maximum atomic E-state index is 9.15. The van der Waals surface area contributed by atoms with Crippen LogP contribution in [0.1, 0.15) is 12.0 Å². The van der Waals surface area contributed by atoms with E-state index >= 15 is 0 Å². The first-order chi connectivity index (χ1) is 7.76. The second-order valence-corrected chi connectivity index (χ2v) is 3.96. The van der Waals surface area contributed by atoms with E-state index in [0.29, 0.717) is 13.2 Å². The molecular formula is C13H20O3. The second kappa shape index (κ2) is 7.25. The monoisotopic (exact) mass is 224 g/mol. The maximum Gasteiger partial charge on any atom is 0.119 e. The molecule has 0 aliphatic heterocycles. The Kier molecular flexibility index (Phi) is 5.90. The number of rotatable bonds is 7. The maximum absolute atomic E-state index is 9.15. The van der Waals surface area contributed by atoms with E-state index in [4.69, 9.17) is 14.6 Å². The number of aliphatic hydroxyl groups excluding tert-OH is 1. The van der Waals surface area contributed by atoms with Crippen LogP contribution in [0.4, 0.5) is 0 Å². The smallest absolute Gasteiger partial charge is 0.119 e. The number of hydrogen-bond acceptors (Lipinski definition) is 3. The van der Waals surface area contributed by atoms with E-state index in [0.717, 1.165) is 12.2 Å². The predicted molar refractivity (Wildman–Crippen MR) is 63.7 cm³/mol. The second-order valence-electron chi connectivity index (χ2n) is 3.96. The van der Waals surface area contributed by atoms with Gasteiger partial charge in [0.1, 0.15) is 5.75 Å². The van der Waals surface area contributed by atoms with E-state index in [1.807, 2.05) is 31.2 Å². The molecule has 3 nitrogen and oxygen atoms in total. The lowest BCUT2D eigenvalue weighted by Crippen LogP contribution is -2.17. The molecule has 0 fully saturated rings. The zero-order chi connectivity index (χ0) is 11.8. The number of ether oxygens (including phenoxy) is 2. The van der Waals surface area contributed by atoms with E-state index in [9.17, 15) is 0 Å². The Morgan fingerprint density at radius 3 is 2.81 bits per heavy atom. The van der Waals surface area contributed by atoms with Crippen LogP contribution in [0.2, 0.25) is 0 Å². The summed E-state index contributed by atoms with van der Waals surface area (Å²) in [5, 5.41) is 9.15. The first kappa shape index (κ1) is 13.0. The minimum absolute atomic E-state index is 0.134. The van der Waals surface area contributed by atoms with Crippen molar-refractivity contribution in [2.45, 2.75) is 13.3 Å². The van der Waals surface area contributed by atoms with Gasteiger partial charge in [-0.2, -0.15) is 0 Å². The predicted octanol–water partition coefficient (Wildman–Crippen LogP) is 2.02. The van der Waals surface area contributed by atoms with E-state index in [1.165, 1.54) is 5.56 Å². The third-order valence-electron chi connectivity index (χ3n) is 2.46. The van der Waals surface area contributed by atoms with Crippen LogP contribution in [-0.2, 0) is 4.74 Å². The first-order valence-electron chi connectivity index (χ1n) is 5.55. The van der Waals surface area contributed by atoms with E-state index in [-0.39, 0.29) is 12.5 Å². The van der Waals surface area contributed by atoms with Crippen LogP contribution in [0.25, 0.3) is 0 Å². The van der Waals surface area contributed by atoms with Crippen LogP contribution < -0.4 is 4.74 Å². The van der Waals surface area contributed by atoms with Gasteiger partial charge in [-0.15, -0.1) is 0 Å². The lowest BCUT2D eigenvalue weighted by atomic mass is 10.1. The minimum atomic E-state index is 0.134. The van der Waals surface area contributed by atoms with Crippen molar-refractivity contribution >= 4 is 0 Å². The van der Waals surface area contributed by atoms with Crippen LogP contribution in [0.5, 0.6) is 5.75 Å². The molecule has 1 atom stereocenters. The highest BCUT2D eigenvalue weighted by Gasteiger charge is 2.08. The topological polar surface area (TPSA) is 38.7 Å². The van der Waals surface area contributed by atoms with Gasteiger partial charge in [0.05, 0.1) is 6.61 Å². The van der Waals surface area contributed by atoms with Crippen LogP contribution in [-0.4, -0.2) is 32.0 Å². The molecule has 0 saturated heterocycles. The summed E-state index contributed by atoms with van der Waals surface area (Å²) in [6.45, 7) is 3.35. The van der Waals surface area contributed by atoms with Crippen molar-refractivity contribution < 1.29 is 14.6 Å². The van der Waals surface area contributed by atoms with Gasteiger partial charge in [-0.25, -0.2) is 0 Å². The SMILES string of the molecule is COCCC(CO)COc1cccc(C)c1. The van der Waals surface area contributed by atoms with Gasteiger partial charge in [0.15, 0.2) is 0 Å².